The zero-order valence-corrected chi connectivity index (χ0v) is 13.5. The maximum Gasteiger partial charge on any atom is 0.338 e. The van der Waals surface area contributed by atoms with E-state index in [1.54, 1.807) is 25.1 Å². The van der Waals surface area contributed by atoms with Crippen LogP contribution in [0.15, 0.2) is 42.5 Å². The van der Waals surface area contributed by atoms with Gasteiger partial charge in [0.2, 0.25) is 0 Å². The molecule has 5 nitrogen and oxygen atoms in total. The fraction of sp³-hybridized carbons (Fsp3) is 0.118. The monoisotopic (exact) mass is 344 g/mol. The quantitative estimate of drug-likeness (QED) is 0.730. The number of halogens is 1. The molecule has 1 heterocycles. The van der Waals surface area contributed by atoms with E-state index >= 15 is 0 Å². The third-order valence-corrected chi connectivity index (χ3v) is 4.14. The van der Waals surface area contributed by atoms with E-state index in [4.69, 9.17) is 4.74 Å². The number of anilines is 1. The van der Waals surface area contributed by atoms with Gasteiger partial charge in [-0.25, -0.2) is 14.2 Å². The lowest BCUT2D eigenvalue weighted by molar-refractivity contribution is 0.0526. The standard InChI is InChI=1S/C17H13FN2O3S/c1-2-23-16(22)11-6-7-13-14(9-11)24-17(19-13)20-15(21)10-4-3-5-12(18)8-10/h3-9H,2H2,1H3,(H,19,20,21). The fourth-order valence-corrected chi connectivity index (χ4v) is 3.02. The highest BCUT2D eigenvalue weighted by atomic mass is 32.1. The van der Waals surface area contributed by atoms with Gasteiger partial charge in [0.25, 0.3) is 5.91 Å². The van der Waals surface area contributed by atoms with Crippen molar-refractivity contribution in [2.24, 2.45) is 0 Å². The van der Waals surface area contributed by atoms with E-state index < -0.39 is 17.7 Å². The highest BCUT2D eigenvalue weighted by molar-refractivity contribution is 7.22. The highest BCUT2D eigenvalue weighted by Crippen LogP contribution is 2.27. The number of carbonyl (C=O) groups is 2. The minimum atomic E-state index is -0.481. The minimum absolute atomic E-state index is 0.210. The number of amides is 1. The molecule has 1 amide bonds. The zero-order valence-electron chi connectivity index (χ0n) is 12.7. The van der Waals surface area contributed by atoms with Crippen LogP contribution in [-0.2, 0) is 4.74 Å². The van der Waals surface area contributed by atoms with Crippen molar-refractivity contribution >= 4 is 38.6 Å². The summed E-state index contributed by atoms with van der Waals surface area (Å²) in [6.07, 6.45) is 0. The highest BCUT2D eigenvalue weighted by Gasteiger charge is 2.13. The topological polar surface area (TPSA) is 68.3 Å². The van der Waals surface area contributed by atoms with Crippen LogP contribution in [0.1, 0.15) is 27.6 Å². The summed E-state index contributed by atoms with van der Waals surface area (Å²) in [5.41, 5.74) is 1.29. The third-order valence-electron chi connectivity index (χ3n) is 3.21. The average Bonchev–Trinajstić information content (AvgIpc) is 2.96. The average molecular weight is 344 g/mol. The van der Waals surface area contributed by atoms with Crippen LogP contribution in [0, 0.1) is 5.82 Å². The van der Waals surface area contributed by atoms with Crippen molar-refractivity contribution in [1.82, 2.24) is 4.98 Å². The Balaban J connectivity index is 1.83. The second-order valence-corrected chi connectivity index (χ2v) is 5.92. The molecule has 0 spiro atoms. The fourth-order valence-electron chi connectivity index (χ4n) is 2.12. The Morgan fingerprint density at radius 1 is 1.21 bits per heavy atom. The molecule has 0 radical (unpaired) electrons. The van der Waals surface area contributed by atoms with E-state index in [0.29, 0.717) is 22.8 Å². The van der Waals surface area contributed by atoms with Crippen molar-refractivity contribution in [3.63, 3.8) is 0 Å². The number of hydrogen-bond donors (Lipinski definition) is 1. The van der Waals surface area contributed by atoms with Crippen LogP contribution in [0.3, 0.4) is 0 Å². The van der Waals surface area contributed by atoms with Crippen molar-refractivity contribution in [1.29, 1.82) is 0 Å². The first kappa shape index (κ1) is 16.1. The van der Waals surface area contributed by atoms with Gasteiger partial charge < -0.3 is 4.74 Å². The first-order valence-corrected chi connectivity index (χ1v) is 8.03. The van der Waals surface area contributed by atoms with Crippen molar-refractivity contribution in [3.05, 3.63) is 59.4 Å². The van der Waals surface area contributed by atoms with Crippen LogP contribution in [0.4, 0.5) is 9.52 Å². The van der Waals surface area contributed by atoms with Gasteiger partial charge in [-0.1, -0.05) is 17.4 Å². The largest absolute Gasteiger partial charge is 0.462 e. The van der Waals surface area contributed by atoms with Gasteiger partial charge in [0.05, 0.1) is 22.4 Å². The van der Waals surface area contributed by atoms with Gasteiger partial charge in [-0.15, -0.1) is 0 Å². The molecule has 0 fully saturated rings. The Bertz CT molecular complexity index is 923. The van der Waals surface area contributed by atoms with Crippen LogP contribution in [0.25, 0.3) is 10.2 Å². The van der Waals surface area contributed by atoms with Crippen molar-refractivity contribution in [3.8, 4) is 0 Å². The Labute approximate surface area is 141 Å². The molecule has 3 aromatic rings. The number of fused-ring (bicyclic) bond motifs is 1. The van der Waals surface area contributed by atoms with Crippen LogP contribution < -0.4 is 5.32 Å². The molecule has 1 N–H and O–H groups in total. The SMILES string of the molecule is CCOC(=O)c1ccc2nc(NC(=O)c3cccc(F)c3)sc2c1. The van der Waals surface area contributed by atoms with Crippen LogP contribution in [-0.4, -0.2) is 23.5 Å². The Morgan fingerprint density at radius 2 is 2.04 bits per heavy atom. The van der Waals surface area contributed by atoms with E-state index in [9.17, 15) is 14.0 Å². The molecule has 0 bridgehead atoms. The van der Waals surface area contributed by atoms with Crippen LogP contribution in [0.5, 0.6) is 0 Å². The Morgan fingerprint density at radius 3 is 2.79 bits per heavy atom. The van der Waals surface area contributed by atoms with Crippen molar-refractivity contribution in [2.45, 2.75) is 6.92 Å². The second kappa shape index (κ2) is 6.76. The Hall–Kier alpha value is -2.80. The summed E-state index contributed by atoms with van der Waals surface area (Å²) >= 11 is 1.23. The number of hydrogen-bond acceptors (Lipinski definition) is 5. The molecular weight excluding hydrogens is 331 g/mol. The molecule has 122 valence electrons. The lowest BCUT2D eigenvalue weighted by Gasteiger charge is -2.01. The molecule has 3 rings (SSSR count). The van der Waals surface area contributed by atoms with Gasteiger partial charge >= 0.3 is 5.97 Å². The first-order chi connectivity index (χ1) is 11.6. The van der Waals surface area contributed by atoms with E-state index in [1.807, 2.05) is 0 Å². The van der Waals surface area contributed by atoms with Crippen molar-refractivity contribution < 1.29 is 18.7 Å². The van der Waals surface area contributed by atoms with E-state index in [1.165, 1.54) is 29.5 Å². The molecular formula is C17H13FN2O3S. The predicted molar refractivity (Wildman–Crippen MR) is 89.9 cm³/mol. The van der Waals surface area contributed by atoms with Crippen LogP contribution >= 0.6 is 11.3 Å². The molecule has 0 unspecified atom stereocenters. The normalized spacial score (nSPS) is 10.6. The van der Waals surface area contributed by atoms with Gasteiger partial charge in [0, 0.05) is 5.56 Å². The lowest BCUT2D eigenvalue weighted by atomic mass is 10.2. The van der Waals surface area contributed by atoms with Crippen LogP contribution in [0.2, 0.25) is 0 Å². The molecule has 24 heavy (non-hydrogen) atoms. The third kappa shape index (κ3) is 3.41. The van der Waals surface area contributed by atoms with E-state index in [2.05, 4.69) is 10.3 Å². The Kier molecular flexibility index (Phi) is 4.52. The number of esters is 1. The molecule has 0 aliphatic rings. The summed E-state index contributed by atoms with van der Waals surface area (Å²) in [6, 6.07) is 10.4. The van der Waals surface area contributed by atoms with Gasteiger partial charge in [-0.2, -0.15) is 0 Å². The number of ether oxygens (including phenoxy) is 1. The van der Waals surface area contributed by atoms with Gasteiger partial charge in [0.15, 0.2) is 5.13 Å². The molecule has 1 aromatic heterocycles. The maximum absolute atomic E-state index is 13.2. The summed E-state index contributed by atoms with van der Waals surface area (Å²) in [5.74, 6) is -1.33. The van der Waals surface area contributed by atoms with E-state index in [0.717, 1.165) is 10.8 Å². The smallest absolute Gasteiger partial charge is 0.338 e. The summed E-state index contributed by atoms with van der Waals surface area (Å²) in [4.78, 5) is 28.2. The number of rotatable bonds is 4. The van der Waals surface area contributed by atoms with E-state index in [-0.39, 0.29) is 5.56 Å². The number of nitrogens with zero attached hydrogens (tertiary/aromatic N) is 1. The molecule has 0 aliphatic heterocycles. The lowest BCUT2D eigenvalue weighted by Crippen LogP contribution is -2.11. The second-order valence-electron chi connectivity index (χ2n) is 4.89. The summed E-state index contributed by atoms with van der Waals surface area (Å²) in [7, 11) is 0. The number of nitrogens with one attached hydrogen (secondary N) is 1. The number of thiazole rings is 1. The first-order valence-electron chi connectivity index (χ1n) is 7.21. The molecule has 2 aromatic carbocycles. The number of benzene rings is 2. The van der Waals surface area contributed by atoms with Crippen molar-refractivity contribution in [2.75, 3.05) is 11.9 Å². The summed E-state index contributed by atoms with van der Waals surface area (Å²) in [6.45, 7) is 2.04. The molecule has 0 saturated heterocycles. The maximum atomic E-state index is 13.2. The molecule has 7 heteroatoms. The summed E-state index contributed by atoms with van der Waals surface area (Å²) in [5, 5.41) is 3.01. The molecule has 0 saturated carbocycles. The molecule has 0 atom stereocenters. The predicted octanol–water partition coefficient (Wildman–Crippen LogP) is 3.86. The van der Waals surface area contributed by atoms with Gasteiger partial charge in [-0.3, -0.25) is 10.1 Å². The number of aromatic nitrogens is 1. The summed E-state index contributed by atoms with van der Waals surface area (Å²) < 4.78 is 18.9. The number of carbonyl (C=O) groups excluding carboxylic acids is 2. The van der Waals surface area contributed by atoms with Gasteiger partial charge in [-0.05, 0) is 43.3 Å². The van der Waals surface area contributed by atoms with Gasteiger partial charge in [0.1, 0.15) is 5.82 Å². The molecule has 0 aliphatic carbocycles. The zero-order chi connectivity index (χ0) is 17.1. The minimum Gasteiger partial charge on any atom is -0.462 e.